The fourth-order valence-corrected chi connectivity index (χ4v) is 3.37. The molecular weight excluding hydrogens is 326 g/mol. The van der Waals surface area contributed by atoms with Crippen LogP contribution in [0.1, 0.15) is 21.5 Å². The molecule has 0 bridgehead atoms. The first-order valence-corrected chi connectivity index (χ1v) is 8.56. The van der Waals surface area contributed by atoms with Gasteiger partial charge in [0.15, 0.2) is 0 Å². The van der Waals surface area contributed by atoms with Crippen molar-refractivity contribution in [2.75, 3.05) is 11.4 Å². The molecule has 0 spiro atoms. The first kappa shape index (κ1) is 16.3. The Hall–Kier alpha value is -3.18. The Bertz CT molecular complexity index is 924. The van der Waals surface area contributed by atoms with Crippen LogP contribution in [0, 0.1) is 0 Å². The Balaban J connectivity index is 1.56. The van der Waals surface area contributed by atoms with Gasteiger partial charge in [-0.05, 0) is 47.4 Å². The molecule has 0 saturated carbocycles. The minimum atomic E-state index is -0.496. The van der Waals surface area contributed by atoms with Crippen LogP contribution >= 0.6 is 0 Å². The van der Waals surface area contributed by atoms with Gasteiger partial charge < -0.3 is 4.90 Å². The molecule has 0 unspecified atom stereocenters. The zero-order valence-corrected chi connectivity index (χ0v) is 14.2. The van der Waals surface area contributed by atoms with Crippen LogP contribution in [0.3, 0.4) is 0 Å². The molecule has 2 aromatic carbocycles. The van der Waals surface area contributed by atoms with E-state index in [1.54, 1.807) is 23.8 Å². The maximum absolute atomic E-state index is 11.4. The van der Waals surface area contributed by atoms with Gasteiger partial charge in [-0.3, -0.25) is 15.0 Å². The third-order valence-electron chi connectivity index (χ3n) is 4.76. The summed E-state index contributed by atoms with van der Waals surface area (Å²) in [5.74, 6) is -0.496. The second kappa shape index (κ2) is 6.98. The summed E-state index contributed by atoms with van der Waals surface area (Å²) in [4.78, 5) is 18.0. The van der Waals surface area contributed by atoms with Crippen LogP contribution in [0.25, 0.3) is 11.1 Å². The summed E-state index contributed by atoms with van der Waals surface area (Å²) < 4.78 is 0. The van der Waals surface area contributed by atoms with Crippen molar-refractivity contribution in [1.82, 2.24) is 10.5 Å². The van der Waals surface area contributed by atoms with Crippen molar-refractivity contribution >= 4 is 11.6 Å². The van der Waals surface area contributed by atoms with Crippen molar-refractivity contribution in [2.24, 2.45) is 0 Å². The summed E-state index contributed by atoms with van der Waals surface area (Å²) in [7, 11) is 0. The minimum Gasteiger partial charge on any atom is -0.367 e. The second-order valence-electron chi connectivity index (χ2n) is 6.39. The number of nitrogens with one attached hydrogen (secondary N) is 1. The number of aromatic nitrogens is 1. The van der Waals surface area contributed by atoms with Crippen molar-refractivity contribution in [3.05, 3.63) is 83.7 Å². The number of benzene rings is 2. The number of amides is 1. The lowest BCUT2D eigenvalue weighted by molar-refractivity contribution is 0.0706. The number of hydrogen-bond donors (Lipinski definition) is 2. The lowest BCUT2D eigenvalue weighted by Crippen LogP contribution is -2.20. The van der Waals surface area contributed by atoms with Gasteiger partial charge >= 0.3 is 0 Å². The van der Waals surface area contributed by atoms with Gasteiger partial charge in [0.2, 0.25) is 0 Å². The number of rotatable bonds is 4. The molecule has 1 aromatic heterocycles. The van der Waals surface area contributed by atoms with Crippen LogP contribution in [0.15, 0.2) is 67.0 Å². The Kier molecular flexibility index (Phi) is 4.37. The van der Waals surface area contributed by atoms with E-state index in [0.29, 0.717) is 5.56 Å². The van der Waals surface area contributed by atoms with Gasteiger partial charge in [-0.1, -0.05) is 30.3 Å². The highest BCUT2D eigenvalue weighted by Crippen LogP contribution is 2.33. The molecule has 0 radical (unpaired) electrons. The van der Waals surface area contributed by atoms with Crippen LogP contribution in [0.5, 0.6) is 0 Å². The van der Waals surface area contributed by atoms with E-state index in [1.807, 2.05) is 24.4 Å². The van der Waals surface area contributed by atoms with Crippen LogP contribution in [0.2, 0.25) is 0 Å². The van der Waals surface area contributed by atoms with Gasteiger partial charge in [0.05, 0.1) is 0 Å². The average Bonchev–Trinajstić information content (AvgIpc) is 3.10. The zero-order valence-electron chi connectivity index (χ0n) is 14.2. The van der Waals surface area contributed by atoms with Crippen molar-refractivity contribution in [2.45, 2.75) is 13.0 Å². The Morgan fingerprint density at radius 1 is 1.12 bits per heavy atom. The number of nitrogens with zero attached hydrogens (tertiary/aromatic N) is 2. The van der Waals surface area contributed by atoms with E-state index in [0.717, 1.165) is 30.6 Å². The molecule has 26 heavy (non-hydrogen) atoms. The topological polar surface area (TPSA) is 65.5 Å². The first-order valence-electron chi connectivity index (χ1n) is 8.56. The first-order chi connectivity index (χ1) is 12.7. The maximum Gasteiger partial charge on any atom is 0.274 e. The lowest BCUT2D eigenvalue weighted by atomic mass is 10.0. The number of hydrogen-bond acceptors (Lipinski definition) is 4. The van der Waals surface area contributed by atoms with E-state index in [1.165, 1.54) is 16.8 Å². The van der Waals surface area contributed by atoms with Crippen molar-refractivity contribution in [3.8, 4) is 11.1 Å². The maximum atomic E-state index is 11.4. The largest absolute Gasteiger partial charge is 0.367 e. The molecular formula is C21H19N3O2. The molecule has 1 amide bonds. The number of anilines is 1. The van der Waals surface area contributed by atoms with Crippen molar-refractivity contribution < 1.29 is 10.0 Å². The van der Waals surface area contributed by atoms with Crippen molar-refractivity contribution in [3.63, 3.8) is 0 Å². The van der Waals surface area contributed by atoms with Gasteiger partial charge in [0.25, 0.3) is 5.91 Å². The number of hydroxylamine groups is 1. The molecule has 0 aliphatic carbocycles. The summed E-state index contributed by atoms with van der Waals surface area (Å²) in [6.45, 7) is 1.76. The molecule has 0 fully saturated rings. The fraction of sp³-hybridized carbons (Fsp3) is 0.143. The average molecular weight is 345 g/mol. The van der Waals surface area contributed by atoms with Crippen LogP contribution in [-0.4, -0.2) is 22.6 Å². The van der Waals surface area contributed by atoms with Gasteiger partial charge in [-0.15, -0.1) is 0 Å². The Labute approximate surface area is 151 Å². The van der Waals surface area contributed by atoms with Crippen LogP contribution in [0.4, 0.5) is 5.69 Å². The molecule has 2 N–H and O–H groups in total. The van der Waals surface area contributed by atoms with Crippen LogP contribution < -0.4 is 10.4 Å². The quantitative estimate of drug-likeness (QED) is 0.562. The monoisotopic (exact) mass is 345 g/mol. The van der Waals surface area contributed by atoms with Gasteiger partial charge in [0, 0.05) is 42.3 Å². The minimum absolute atomic E-state index is 0.442. The van der Waals surface area contributed by atoms with Gasteiger partial charge in [-0.25, -0.2) is 5.48 Å². The molecule has 0 atom stereocenters. The summed E-state index contributed by atoms with van der Waals surface area (Å²) in [6, 6.07) is 17.9. The highest BCUT2D eigenvalue weighted by molar-refractivity contribution is 5.93. The smallest absolute Gasteiger partial charge is 0.274 e. The molecule has 0 saturated heterocycles. The second-order valence-corrected chi connectivity index (χ2v) is 6.39. The zero-order chi connectivity index (χ0) is 17.9. The number of pyridine rings is 1. The summed E-state index contributed by atoms with van der Waals surface area (Å²) >= 11 is 0. The predicted molar refractivity (Wildman–Crippen MR) is 100 cm³/mol. The molecule has 1 aliphatic rings. The molecule has 2 heterocycles. The SMILES string of the molecule is O=C(NO)c1ccc(CN2CCc3ccc(-c4cccnc4)cc32)cc1. The molecule has 130 valence electrons. The summed E-state index contributed by atoms with van der Waals surface area (Å²) in [5.41, 5.74) is 8.11. The third-order valence-corrected chi connectivity index (χ3v) is 4.76. The predicted octanol–water partition coefficient (Wildman–Crippen LogP) is 3.43. The van der Waals surface area contributed by atoms with Crippen LogP contribution in [-0.2, 0) is 13.0 Å². The van der Waals surface area contributed by atoms with E-state index in [4.69, 9.17) is 5.21 Å². The lowest BCUT2D eigenvalue weighted by Gasteiger charge is -2.20. The Morgan fingerprint density at radius 2 is 1.96 bits per heavy atom. The van der Waals surface area contributed by atoms with E-state index < -0.39 is 5.91 Å². The molecule has 1 aliphatic heterocycles. The van der Waals surface area contributed by atoms with E-state index in [9.17, 15) is 4.79 Å². The van der Waals surface area contributed by atoms with E-state index in [2.05, 4.69) is 34.1 Å². The molecule has 3 aromatic rings. The summed E-state index contributed by atoms with van der Waals surface area (Å²) in [6.07, 6.45) is 4.70. The van der Waals surface area contributed by atoms with E-state index in [-0.39, 0.29) is 0 Å². The third kappa shape index (κ3) is 3.17. The Morgan fingerprint density at radius 3 is 2.69 bits per heavy atom. The van der Waals surface area contributed by atoms with E-state index >= 15 is 0 Å². The highest BCUT2D eigenvalue weighted by atomic mass is 16.5. The number of carbonyl (C=O) groups is 1. The van der Waals surface area contributed by atoms with Crippen molar-refractivity contribution in [1.29, 1.82) is 0 Å². The van der Waals surface area contributed by atoms with Gasteiger partial charge in [-0.2, -0.15) is 0 Å². The normalized spacial score (nSPS) is 12.7. The summed E-state index contributed by atoms with van der Waals surface area (Å²) in [5, 5.41) is 8.70. The fourth-order valence-electron chi connectivity index (χ4n) is 3.37. The number of fused-ring (bicyclic) bond motifs is 1. The molecule has 5 nitrogen and oxygen atoms in total. The number of carbonyl (C=O) groups excluding carboxylic acids is 1. The molecule has 4 rings (SSSR count). The van der Waals surface area contributed by atoms with Gasteiger partial charge in [0.1, 0.15) is 0 Å². The highest BCUT2D eigenvalue weighted by Gasteiger charge is 2.20. The standard InChI is InChI=1S/C21H19N3O2/c25-21(23-26)17-5-3-15(4-6-17)14-24-11-9-16-7-8-18(12-20(16)24)19-2-1-10-22-13-19/h1-8,10,12-13,26H,9,11,14H2,(H,23,25). The molecule has 5 heteroatoms.